The quantitative estimate of drug-likeness (QED) is 0.618. The number of hydrogen-bond acceptors (Lipinski definition) is 2. The summed E-state index contributed by atoms with van der Waals surface area (Å²) in [4.78, 5) is 0. The van der Waals surface area contributed by atoms with Crippen molar-refractivity contribution in [1.29, 1.82) is 5.41 Å². The second-order valence-corrected chi connectivity index (χ2v) is 4.78. The minimum atomic E-state index is 0.519. The van der Waals surface area contributed by atoms with E-state index in [0.717, 1.165) is 24.0 Å². The van der Waals surface area contributed by atoms with Crippen molar-refractivity contribution in [1.82, 2.24) is 0 Å². The third-order valence-corrected chi connectivity index (χ3v) is 3.55. The summed E-state index contributed by atoms with van der Waals surface area (Å²) in [5.41, 5.74) is 11.5. The first kappa shape index (κ1) is 11.7. The molecule has 0 fully saturated rings. The maximum absolute atomic E-state index is 8.45. The molecule has 0 heterocycles. The molecule has 3 rings (SSSR count). The largest absolute Gasteiger partial charge is 0.398 e. The molecular formula is C17H16N2. The molecule has 0 saturated heterocycles. The Labute approximate surface area is 113 Å². The lowest BCUT2D eigenvalue weighted by atomic mass is 9.87. The highest BCUT2D eigenvalue weighted by atomic mass is 14.6. The van der Waals surface area contributed by atoms with Crippen LogP contribution in [-0.4, -0.2) is 5.71 Å². The predicted molar refractivity (Wildman–Crippen MR) is 80.6 cm³/mol. The highest BCUT2D eigenvalue weighted by Crippen LogP contribution is 2.29. The molecule has 0 amide bonds. The van der Waals surface area contributed by atoms with Crippen LogP contribution in [0.25, 0.3) is 6.08 Å². The van der Waals surface area contributed by atoms with Crippen molar-refractivity contribution in [2.75, 3.05) is 5.73 Å². The first-order valence-corrected chi connectivity index (χ1v) is 6.49. The second-order valence-electron chi connectivity index (χ2n) is 4.78. The van der Waals surface area contributed by atoms with E-state index in [2.05, 4.69) is 12.2 Å². The molecule has 1 aliphatic carbocycles. The second kappa shape index (κ2) is 4.73. The maximum Gasteiger partial charge on any atom is 0.0708 e. The number of nitrogens with two attached hydrogens (primary N) is 1. The van der Waals surface area contributed by atoms with Crippen molar-refractivity contribution in [3.8, 4) is 0 Å². The summed E-state index contributed by atoms with van der Waals surface area (Å²) < 4.78 is 0. The first-order valence-electron chi connectivity index (χ1n) is 6.49. The fourth-order valence-electron chi connectivity index (χ4n) is 2.59. The van der Waals surface area contributed by atoms with E-state index in [9.17, 15) is 0 Å². The standard InChI is InChI=1S/C17H16N2/c18-15-11-10-12-6-4-5-9-14(12)16(15)17(19)13-7-2-1-3-8-13/h1-4,6-8,10-11,19H,5,9,18H2. The van der Waals surface area contributed by atoms with E-state index in [-0.39, 0.29) is 0 Å². The highest BCUT2D eigenvalue weighted by Gasteiger charge is 2.17. The topological polar surface area (TPSA) is 49.9 Å². The van der Waals surface area contributed by atoms with Crippen LogP contribution < -0.4 is 5.73 Å². The van der Waals surface area contributed by atoms with Crippen LogP contribution >= 0.6 is 0 Å². The molecule has 2 nitrogen and oxygen atoms in total. The van der Waals surface area contributed by atoms with Gasteiger partial charge in [0, 0.05) is 16.8 Å². The lowest BCUT2D eigenvalue weighted by molar-refractivity contribution is 0.982. The van der Waals surface area contributed by atoms with E-state index in [1.807, 2.05) is 42.5 Å². The van der Waals surface area contributed by atoms with Gasteiger partial charge in [0.15, 0.2) is 0 Å². The molecule has 1 aliphatic rings. The fourth-order valence-corrected chi connectivity index (χ4v) is 2.59. The number of hydrogen-bond donors (Lipinski definition) is 2. The van der Waals surface area contributed by atoms with Gasteiger partial charge < -0.3 is 5.73 Å². The Morgan fingerprint density at radius 1 is 1.05 bits per heavy atom. The number of nitrogens with one attached hydrogen (secondary N) is 1. The van der Waals surface area contributed by atoms with Gasteiger partial charge in [0.05, 0.1) is 5.71 Å². The van der Waals surface area contributed by atoms with Gasteiger partial charge in [-0.2, -0.15) is 0 Å². The van der Waals surface area contributed by atoms with Crippen LogP contribution in [0.5, 0.6) is 0 Å². The number of nitrogen functional groups attached to an aromatic ring is 1. The van der Waals surface area contributed by atoms with E-state index in [4.69, 9.17) is 11.1 Å². The number of rotatable bonds is 2. The van der Waals surface area contributed by atoms with Crippen molar-refractivity contribution in [3.63, 3.8) is 0 Å². The molecule has 19 heavy (non-hydrogen) atoms. The molecule has 0 unspecified atom stereocenters. The zero-order chi connectivity index (χ0) is 13.2. The molecule has 3 N–H and O–H groups in total. The summed E-state index contributed by atoms with van der Waals surface area (Å²) in [5, 5.41) is 8.45. The predicted octanol–water partition coefficient (Wildman–Crippen LogP) is 3.64. The average molecular weight is 248 g/mol. The highest BCUT2D eigenvalue weighted by molar-refractivity contribution is 6.15. The molecule has 2 heteroatoms. The molecule has 2 aromatic rings. The van der Waals surface area contributed by atoms with Crippen molar-refractivity contribution < 1.29 is 0 Å². The van der Waals surface area contributed by atoms with Gasteiger partial charge in [-0.25, -0.2) is 0 Å². The van der Waals surface area contributed by atoms with E-state index in [0.29, 0.717) is 11.4 Å². The Balaban J connectivity index is 2.15. The SMILES string of the molecule is N=C(c1ccccc1)c1c(N)ccc2c1CCC=C2. The number of allylic oxidation sites excluding steroid dienone is 1. The van der Waals surface area contributed by atoms with E-state index < -0.39 is 0 Å². The number of benzene rings is 2. The number of fused-ring (bicyclic) bond motifs is 1. The third-order valence-electron chi connectivity index (χ3n) is 3.55. The zero-order valence-electron chi connectivity index (χ0n) is 10.7. The molecule has 0 atom stereocenters. The molecule has 0 spiro atoms. The molecule has 0 saturated carbocycles. The Morgan fingerprint density at radius 2 is 1.84 bits per heavy atom. The Bertz CT molecular complexity index is 654. The van der Waals surface area contributed by atoms with Crippen LogP contribution in [0.2, 0.25) is 0 Å². The molecule has 0 aromatic heterocycles. The lowest BCUT2D eigenvalue weighted by Gasteiger charge is -2.18. The summed E-state index contributed by atoms with van der Waals surface area (Å²) in [5.74, 6) is 0. The van der Waals surface area contributed by atoms with E-state index in [1.54, 1.807) is 0 Å². The van der Waals surface area contributed by atoms with Gasteiger partial charge in [0.2, 0.25) is 0 Å². The minimum absolute atomic E-state index is 0.519. The summed E-state index contributed by atoms with van der Waals surface area (Å²) in [6.07, 6.45) is 6.28. The van der Waals surface area contributed by atoms with Crippen LogP contribution in [0, 0.1) is 5.41 Å². The summed E-state index contributed by atoms with van der Waals surface area (Å²) >= 11 is 0. The van der Waals surface area contributed by atoms with E-state index in [1.165, 1.54) is 11.1 Å². The summed E-state index contributed by atoms with van der Waals surface area (Å²) in [6, 6.07) is 13.7. The monoisotopic (exact) mass is 248 g/mol. The van der Waals surface area contributed by atoms with Crippen molar-refractivity contribution >= 4 is 17.5 Å². The fraction of sp³-hybridized carbons (Fsp3) is 0.118. The summed E-state index contributed by atoms with van der Waals surface area (Å²) in [7, 11) is 0. The van der Waals surface area contributed by atoms with Crippen molar-refractivity contribution in [2.45, 2.75) is 12.8 Å². The van der Waals surface area contributed by atoms with Gasteiger partial charge in [-0.3, -0.25) is 5.41 Å². The lowest BCUT2D eigenvalue weighted by Crippen LogP contribution is -2.11. The Hall–Kier alpha value is -2.35. The molecule has 0 bridgehead atoms. The van der Waals surface area contributed by atoms with Crippen molar-refractivity contribution in [3.05, 3.63) is 70.8 Å². The van der Waals surface area contributed by atoms with E-state index >= 15 is 0 Å². The Morgan fingerprint density at radius 3 is 2.63 bits per heavy atom. The van der Waals surface area contributed by atoms with Crippen LogP contribution in [-0.2, 0) is 6.42 Å². The van der Waals surface area contributed by atoms with Gasteiger partial charge in [-0.05, 0) is 30.0 Å². The molecule has 0 radical (unpaired) electrons. The van der Waals surface area contributed by atoms with Crippen LogP contribution in [0.4, 0.5) is 5.69 Å². The van der Waals surface area contributed by atoms with Crippen LogP contribution in [0.15, 0.2) is 48.5 Å². The molecule has 0 aliphatic heterocycles. The number of anilines is 1. The molecular weight excluding hydrogens is 232 g/mol. The van der Waals surface area contributed by atoms with Gasteiger partial charge in [-0.15, -0.1) is 0 Å². The van der Waals surface area contributed by atoms with Gasteiger partial charge >= 0.3 is 0 Å². The van der Waals surface area contributed by atoms with Gasteiger partial charge in [0.1, 0.15) is 0 Å². The third kappa shape index (κ3) is 2.06. The smallest absolute Gasteiger partial charge is 0.0708 e. The maximum atomic E-state index is 8.45. The van der Waals surface area contributed by atoms with Gasteiger partial charge in [0.25, 0.3) is 0 Å². The molecule has 2 aromatic carbocycles. The molecule has 94 valence electrons. The minimum Gasteiger partial charge on any atom is -0.398 e. The van der Waals surface area contributed by atoms with Crippen LogP contribution in [0.3, 0.4) is 0 Å². The zero-order valence-corrected chi connectivity index (χ0v) is 10.7. The average Bonchev–Trinajstić information content (AvgIpc) is 2.47. The van der Waals surface area contributed by atoms with Crippen molar-refractivity contribution in [2.24, 2.45) is 0 Å². The van der Waals surface area contributed by atoms with Gasteiger partial charge in [-0.1, -0.05) is 48.6 Å². The normalized spacial score (nSPS) is 13.1. The Kier molecular flexibility index (Phi) is 2.92. The summed E-state index contributed by atoms with van der Waals surface area (Å²) in [6.45, 7) is 0. The van der Waals surface area contributed by atoms with Crippen LogP contribution in [0.1, 0.15) is 28.7 Å². The first-order chi connectivity index (χ1) is 9.27.